The monoisotopic (exact) mass is 597 g/mol. The molecule has 6 rings (SSSR count). The number of fused-ring (bicyclic) bond motifs is 1. The van der Waals surface area contributed by atoms with E-state index in [2.05, 4.69) is 34.5 Å². The molecule has 1 atom stereocenters. The summed E-state index contributed by atoms with van der Waals surface area (Å²) < 4.78 is 0.661. The summed E-state index contributed by atoms with van der Waals surface area (Å²) in [6.45, 7) is 3.76. The Morgan fingerprint density at radius 2 is 1.76 bits per heavy atom. The van der Waals surface area contributed by atoms with E-state index in [9.17, 15) is 14.7 Å². The van der Waals surface area contributed by atoms with Gasteiger partial charge in [-0.3, -0.25) is 14.5 Å². The van der Waals surface area contributed by atoms with Gasteiger partial charge in [-0.25, -0.2) is 0 Å². The zero-order valence-electron chi connectivity index (χ0n) is 22.2. The highest BCUT2D eigenvalue weighted by Crippen LogP contribution is 2.45. The molecule has 0 radical (unpaired) electrons. The second-order valence-corrected chi connectivity index (χ2v) is 12.4. The number of carbonyl (C=O) groups is 2. The summed E-state index contributed by atoms with van der Waals surface area (Å²) >= 11 is 9.08. The van der Waals surface area contributed by atoms with Crippen LogP contribution in [-0.2, 0) is 15.3 Å². The third-order valence-corrected chi connectivity index (χ3v) is 9.43. The molecule has 1 fully saturated rings. The number of Topliss-reactive ketones (excluding diaryl/α,β-unsaturated/α-hetero) is 1. The highest BCUT2D eigenvalue weighted by Gasteiger charge is 2.48. The largest absolute Gasteiger partial charge is 0.507 e. The molecule has 1 saturated heterocycles. The number of rotatable bonds is 6. The maximum absolute atomic E-state index is 13.5. The van der Waals surface area contributed by atoms with Crippen molar-refractivity contribution in [2.24, 2.45) is 0 Å². The van der Waals surface area contributed by atoms with Crippen LogP contribution in [0.1, 0.15) is 33.9 Å². The zero-order chi connectivity index (χ0) is 28.7. The van der Waals surface area contributed by atoms with Crippen molar-refractivity contribution in [2.45, 2.75) is 30.0 Å². The highest BCUT2D eigenvalue weighted by molar-refractivity contribution is 8.00. The second-order valence-electron chi connectivity index (χ2n) is 9.82. The second kappa shape index (κ2) is 11.1. The Bertz CT molecular complexity index is 1860. The van der Waals surface area contributed by atoms with Gasteiger partial charge in [-0.1, -0.05) is 107 Å². The van der Waals surface area contributed by atoms with Crippen LogP contribution in [0.3, 0.4) is 0 Å². The third kappa shape index (κ3) is 5.14. The van der Waals surface area contributed by atoms with Crippen molar-refractivity contribution >= 4 is 68.1 Å². The maximum Gasteiger partial charge on any atom is 0.301 e. The quantitative estimate of drug-likeness (QED) is 0.0705. The van der Waals surface area contributed by atoms with Gasteiger partial charge in [0, 0.05) is 16.3 Å². The molecule has 4 aromatic carbocycles. The molecule has 1 aliphatic heterocycles. The van der Waals surface area contributed by atoms with Crippen LogP contribution >= 0.6 is 34.7 Å². The molecule has 204 valence electrons. The van der Waals surface area contributed by atoms with Crippen LogP contribution in [0, 0.1) is 13.8 Å². The number of aliphatic hydroxyl groups excluding tert-OH is 1. The molecule has 0 saturated carbocycles. The zero-order valence-corrected chi connectivity index (χ0v) is 24.6. The number of anilines is 1. The summed E-state index contributed by atoms with van der Waals surface area (Å²) in [4.78, 5) is 28.4. The summed E-state index contributed by atoms with van der Waals surface area (Å²) in [7, 11) is 0. The fourth-order valence-corrected chi connectivity index (χ4v) is 7.14. The minimum absolute atomic E-state index is 0.00822. The van der Waals surface area contributed by atoms with E-state index < -0.39 is 17.7 Å². The van der Waals surface area contributed by atoms with E-state index >= 15 is 0 Å². The number of halogens is 1. The first-order chi connectivity index (χ1) is 19.8. The van der Waals surface area contributed by atoms with Crippen LogP contribution in [0.2, 0.25) is 5.02 Å². The predicted octanol–water partition coefficient (Wildman–Crippen LogP) is 7.88. The van der Waals surface area contributed by atoms with Gasteiger partial charge in [-0.2, -0.15) is 0 Å². The Labute approximate surface area is 250 Å². The smallest absolute Gasteiger partial charge is 0.301 e. The van der Waals surface area contributed by atoms with Crippen molar-refractivity contribution in [1.82, 2.24) is 10.2 Å². The van der Waals surface area contributed by atoms with Crippen LogP contribution in [0.4, 0.5) is 5.13 Å². The van der Waals surface area contributed by atoms with Crippen molar-refractivity contribution in [3.63, 3.8) is 0 Å². The maximum atomic E-state index is 13.5. The SMILES string of the molecule is Cc1ccc(C)c(/C(O)=C2\C(=O)C(=O)N(c3nnc(SCc4cccc5ccccc45)s3)C2c2cccc(Cl)c2)c1. The topological polar surface area (TPSA) is 83.4 Å². The average Bonchev–Trinajstić information content (AvgIpc) is 3.54. The number of aromatic nitrogens is 2. The Kier molecular flexibility index (Phi) is 7.38. The number of aryl methyl sites for hydroxylation is 2. The van der Waals surface area contributed by atoms with Crippen LogP contribution in [0.25, 0.3) is 16.5 Å². The lowest BCUT2D eigenvalue weighted by atomic mass is 9.93. The number of carbonyl (C=O) groups excluding carboxylic acids is 2. The molecule has 2 heterocycles. The first-order valence-corrected chi connectivity index (χ1v) is 15.1. The van der Waals surface area contributed by atoms with Gasteiger partial charge in [0.25, 0.3) is 5.78 Å². The minimum atomic E-state index is -0.919. The number of hydrogen-bond donors (Lipinski definition) is 1. The Morgan fingerprint density at radius 3 is 2.59 bits per heavy atom. The van der Waals surface area contributed by atoms with Crippen LogP contribution < -0.4 is 4.90 Å². The number of ketones is 1. The van der Waals surface area contributed by atoms with Crippen LogP contribution in [0.15, 0.2) is 94.8 Å². The van der Waals surface area contributed by atoms with E-state index in [0.717, 1.165) is 22.1 Å². The fraction of sp³-hybridized carbons (Fsp3) is 0.125. The lowest BCUT2D eigenvalue weighted by Crippen LogP contribution is -2.29. The van der Waals surface area contributed by atoms with Gasteiger partial charge < -0.3 is 5.11 Å². The molecule has 9 heteroatoms. The summed E-state index contributed by atoms with van der Waals surface area (Å²) in [5.74, 6) is -1.12. The third-order valence-electron chi connectivity index (χ3n) is 7.09. The first kappa shape index (κ1) is 27.2. The van der Waals surface area contributed by atoms with E-state index in [1.54, 1.807) is 30.3 Å². The molecule has 0 aliphatic carbocycles. The fourth-order valence-electron chi connectivity index (χ4n) is 5.07. The van der Waals surface area contributed by atoms with Crippen molar-refractivity contribution in [2.75, 3.05) is 4.90 Å². The number of hydrogen-bond acceptors (Lipinski definition) is 7. The number of thioether (sulfide) groups is 1. The molecule has 6 nitrogen and oxygen atoms in total. The molecule has 5 aromatic rings. The van der Waals surface area contributed by atoms with Crippen molar-refractivity contribution in [3.8, 4) is 0 Å². The highest BCUT2D eigenvalue weighted by atomic mass is 35.5. The molecule has 1 amide bonds. The minimum Gasteiger partial charge on any atom is -0.507 e. The number of amides is 1. The van der Waals surface area contributed by atoms with Gasteiger partial charge in [0.15, 0.2) is 4.34 Å². The Morgan fingerprint density at radius 1 is 0.976 bits per heavy atom. The molecule has 1 N–H and O–H groups in total. The summed E-state index contributed by atoms with van der Waals surface area (Å²) in [5, 5.41) is 23.2. The number of nitrogens with zero attached hydrogens (tertiary/aromatic N) is 3. The average molecular weight is 598 g/mol. The Hall–Kier alpha value is -3.98. The summed E-state index contributed by atoms with van der Waals surface area (Å²) in [6, 6.07) is 26.0. The van der Waals surface area contributed by atoms with Crippen molar-refractivity contribution < 1.29 is 14.7 Å². The van der Waals surface area contributed by atoms with Crippen molar-refractivity contribution in [3.05, 3.63) is 123 Å². The normalized spacial score (nSPS) is 16.6. The molecular weight excluding hydrogens is 574 g/mol. The van der Waals surface area contributed by atoms with Crippen LogP contribution in [-0.4, -0.2) is 27.0 Å². The van der Waals surface area contributed by atoms with E-state index in [-0.39, 0.29) is 16.5 Å². The Balaban J connectivity index is 1.39. The lowest BCUT2D eigenvalue weighted by molar-refractivity contribution is -0.132. The summed E-state index contributed by atoms with van der Waals surface area (Å²) in [5.41, 5.74) is 3.95. The van der Waals surface area contributed by atoms with E-state index in [4.69, 9.17) is 11.6 Å². The molecule has 1 unspecified atom stereocenters. The molecular formula is C32H24ClN3O3S2. The van der Waals surface area contributed by atoms with Crippen LogP contribution in [0.5, 0.6) is 0 Å². The molecule has 0 spiro atoms. The van der Waals surface area contributed by atoms with Gasteiger partial charge in [0.1, 0.15) is 5.76 Å². The van der Waals surface area contributed by atoms with Gasteiger partial charge in [-0.15, -0.1) is 10.2 Å². The van der Waals surface area contributed by atoms with E-state index in [1.165, 1.54) is 33.4 Å². The molecule has 1 aliphatic rings. The van der Waals surface area contributed by atoms with Gasteiger partial charge in [-0.05, 0) is 59.5 Å². The van der Waals surface area contributed by atoms with Crippen molar-refractivity contribution in [1.29, 1.82) is 0 Å². The molecule has 1 aromatic heterocycles. The number of benzene rings is 4. The van der Waals surface area contributed by atoms with Gasteiger partial charge in [0.05, 0.1) is 11.6 Å². The predicted molar refractivity (Wildman–Crippen MR) is 166 cm³/mol. The lowest BCUT2D eigenvalue weighted by Gasteiger charge is -2.23. The molecule has 41 heavy (non-hydrogen) atoms. The summed E-state index contributed by atoms with van der Waals surface area (Å²) in [6.07, 6.45) is 0. The van der Waals surface area contributed by atoms with E-state index in [1.807, 2.05) is 44.2 Å². The standard InChI is InChI=1S/C32H24ClN3O3S2/c1-18-13-14-19(2)25(15-18)28(37)26-27(21-9-6-11-23(33)16-21)36(30(39)29(26)38)31-34-35-32(41-31)40-17-22-10-5-8-20-7-3-4-12-24(20)22/h3-16,27,37H,17H2,1-2H3/b28-26+. The first-order valence-electron chi connectivity index (χ1n) is 12.9. The van der Waals surface area contributed by atoms with Gasteiger partial charge in [0.2, 0.25) is 5.13 Å². The van der Waals surface area contributed by atoms with E-state index in [0.29, 0.717) is 26.2 Å². The van der Waals surface area contributed by atoms with Gasteiger partial charge >= 0.3 is 5.91 Å². The molecule has 0 bridgehead atoms. The number of aliphatic hydroxyl groups is 1.